The van der Waals surface area contributed by atoms with E-state index in [0.717, 1.165) is 0 Å². The van der Waals surface area contributed by atoms with E-state index < -0.39 is 11.9 Å². The van der Waals surface area contributed by atoms with Crippen LogP contribution in [0.4, 0.5) is 9.18 Å². The summed E-state index contributed by atoms with van der Waals surface area (Å²) in [6, 6.07) is 9.37. The number of amides is 1. The summed E-state index contributed by atoms with van der Waals surface area (Å²) in [5.41, 5.74) is 1.79. The lowest BCUT2D eigenvalue weighted by molar-refractivity contribution is 0.194. The Balaban J connectivity index is 2.20. The molecule has 0 aliphatic heterocycles. The van der Waals surface area contributed by atoms with Gasteiger partial charge >= 0.3 is 6.09 Å². The van der Waals surface area contributed by atoms with Gasteiger partial charge < -0.3 is 10.4 Å². The molecule has 1 heterocycles. The number of nitriles is 1. The predicted molar refractivity (Wildman–Crippen MR) is 69.2 cm³/mol. The summed E-state index contributed by atoms with van der Waals surface area (Å²) in [6.07, 6.45) is 0.407. The standard InChI is InChI=1S/C14H10FN3O2/c15-12-5-10(2-3-11(12)6-16)13-4-1-9(7-17-13)8-18-14(19)20/h1-5,7,18H,8H2,(H,19,20). The zero-order chi connectivity index (χ0) is 14.5. The molecule has 0 radical (unpaired) electrons. The minimum absolute atomic E-state index is 0.0176. The molecule has 0 saturated carbocycles. The average Bonchev–Trinajstić information content (AvgIpc) is 2.45. The van der Waals surface area contributed by atoms with Crippen molar-refractivity contribution in [1.82, 2.24) is 10.3 Å². The molecule has 0 fully saturated rings. The van der Waals surface area contributed by atoms with E-state index in [4.69, 9.17) is 10.4 Å². The predicted octanol–water partition coefficient (Wildman–Crippen LogP) is 2.53. The summed E-state index contributed by atoms with van der Waals surface area (Å²) < 4.78 is 13.5. The summed E-state index contributed by atoms with van der Waals surface area (Å²) in [5.74, 6) is -0.594. The third-order valence-corrected chi connectivity index (χ3v) is 2.65. The van der Waals surface area contributed by atoms with E-state index in [1.807, 2.05) is 0 Å². The number of benzene rings is 1. The number of halogens is 1. The van der Waals surface area contributed by atoms with E-state index in [-0.39, 0.29) is 12.1 Å². The van der Waals surface area contributed by atoms with Gasteiger partial charge in [-0.1, -0.05) is 12.1 Å². The Kier molecular flexibility index (Phi) is 3.91. The Morgan fingerprint density at radius 1 is 1.40 bits per heavy atom. The SMILES string of the molecule is N#Cc1ccc(-c2ccc(CNC(=O)O)cn2)cc1F. The highest BCUT2D eigenvalue weighted by Crippen LogP contribution is 2.20. The fraction of sp³-hybridized carbons (Fsp3) is 0.0714. The van der Waals surface area contributed by atoms with Gasteiger partial charge in [0.2, 0.25) is 0 Å². The van der Waals surface area contributed by atoms with Crippen LogP contribution in [-0.2, 0) is 6.54 Å². The number of aromatic nitrogens is 1. The third kappa shape index (κ3) is 3.09. The highest BCUT2D eigenvalue weighted by Gasteiger charge is 2.06. The van der Waals surface area contributed by atoms with Crippen LogP contribution in [0.1, 0.15) is 11.1 Å². The van der Waals surface area contributed by atoms with Gasteiger partial charge in [0, 0.05) is 18.3 Å². The third-order valence-electron chi connectivity index (χ3n) is 2.65. The number of carboxylic acid groups (broad SMARTS) is 1. The molecular formula is C14H10FN3O2. The second kappa shape index (κ2) is 5.80. The van der Waals surface area contributed by atoms with Crippen LogP contribution in [0.5, 0.6) is 0 Å². The summed E-state index contributed by atoms with van der Waals surface area (Å²) in [4.78, 5) is 14.5. The van der Waals surface area contributed by atoms with Crippen molar-refractivity contribution in [1.29, 1.82) is 5.26 Å². The van der Waals surface area contributed by atoms with Gasteiger partial charge in [-0.15, -0.1) is 0 Å². The minimum atomic E-state index is -1.11. The highest BCUT2D eigenvalue weighted by molar-refractivity contribution is 5.64. The average molecular weight is 271 g/mol. The van der Waals surface area contributed by atoms with Gasteiger partial charge in [0.1, 0.15) is 11.9 Å². The fourth-order valence-electron chi connectivity index (χ4n) is 1.64. The number of hydrogen-bond donors (Lipinski definition) is 2. The second-order valence-electron chi connectivity index (χ2n) is 4.02. The van der Waals surface area contributed by atoms with Gasteiger partial charge in [0.25, 0.3) is 0 Å². The normalized spacial score (nSPS) is 9.80. The maximum atomic E-state index is 13.5. The number of carbonyl (C=O) groups is 1. The van der Waals surface area contributed by atoms with Crippen molar-refractivity contribution >= 4 is 6.09 Å². The van der Waals surface area contributed by atoms with Crippen LogP contribution in [0.3, 0.4) is 0 Å². The molecule has 2 aromatic rings. The van der Waals surface area contributed by atoms with Crippen LogP contribution < -0.4 is 5.32 Å². The first-order valence-electron chi connectivity index (χ1n) is 5.72. The molecule has 2 N–H and O–H groups in total. The molecule has 0 bridgehead atoms. The van der Waals surface area contributed by atoms with Crippen LogP contribution in [-0.4, -0.2) is 16.2 Å². The number of pyridine rings is 1. The lowest BCUT2D eigenvalue weighted by Gasteiger charge is -2.04. The minimum Gasteiger partial charge on any atom is -0.465 e. The Hall–Kier alpha value is -2.94. The van der Waals surface area contributed by atoms with Crippen molar-refractivity contribution in [2.24, 2.45) is 0 Å². The molecule has 20 heavy (non-hydrogen) atoms. The van der Waals surface area contributed by atoms with E-state index in [1.54, 1.807) is 24.3 Å². The van der Waals surface area contributed by atoms with Crippen molar-refractivity contribution in [3.63, 3.8) is 0 Å². The van der Waals surface area contributed by atoms with Gasteiger partial charge in [0.05, 0.1) is 11.3 Å². The zero-order valence-electron chi connectivity index (χ0n) is 10.3. The molecule has 0 aliphatic carbocycles. The van der Waals surface area contributed by atoms with Crippen LogP contribution in [0.2, 0.25) is 0 Å². The maximum absolute atomic E-state index is 13.5. The van der Waals surface area contributed by atoms with Crippen molar-refractivity contribution < 1.29 is 14.3 Å². The molecule has 6 heteroatoms. The van der Waals surface area contributed by atoms with Gasteiger partial charge in [-0.25, -0.2) is 9.18 Å². The summed E-state index contributed by atoms with van der Waals surface area (Å²) in [7, 11) is 0. The first kappa shape index (κ1) is 13.5. The summed E-state index contributed by atoms with van der Waals surface area (Å²) in [6.45, 7) is 0.157. The maximum Gasteiger partial charge on any atom is 0.404 e. The zero-order valence-corrected chi connectivity index (χ0v) is 10.3. The molecular weight excluding hydrogens is 261 g/mol. The molecule has 2 rings (SSSR count). The van der Waals surface area contributed by atoms with Gasteiger partial charge in [-0.2, -0.15) is 5.26 Å². The van der Waals surface area contributed by atoms with Gasteiger partial charge in [-0.3, -0.25) is 4.98 Å². The van der Waals surface area contributed by atoms with Crippen LogP contribution in [0.25, 0.3) is 11.3 Å². The summed E-state index contributed by atoms with van der Waals surface area (Å²) in [5, 5.41) is 19.4. The number of rotatable bonds is 3. The molecule has 5 nitrogen and oxygen atoms in total. The Bertz CT molecular complexity index is 678. The Morgan fingerprint density at radius 3 is 2.75 bits per heavy atom. The molecule has 1 aromatic heterocycles. The number of nitrogens with zero attached hydrogens (tertiary/aromatic N) is 2. The smallest absolute Gasteiger partial charge is 0.404 e. The van der Waals surface area contributed by atoms with Crippen molar-refractivity contribution in [3.8, 4) is 17.3 Å². The topological polar surface area (TPSA) is 86.0 Å². The lowest BCUT2D eigenvalue weighted by Crippen LogP contribution is -2.19. The van der Waals surface area contributed by atoms with Gasteiger partial charge in [-0.05, 0) is 23.8 Å². The largest absolute Gasteiger partial charge is 0.465 e. The molecule has 0 spiro atoms. The number of nitrogens with one attached hydrogen (secondary N) is 1. The van der Waals surface area contributed by atoms with E-state index in [0.29, 0.717) is 16.8 Å². The quantitative estimate of drug-likeness (QED) is 0.898. The fourth-order valence-corrected chi connectivity index (χ4v) is 1.64. The van der Waals surface area contributed by atoms with Crippen molar-refractivity contribution in [2.75, 3.05) is 0 Å². The van der Waals surface area contributed by atoms with E-state index in [1.165, 1.54) is 18.3 Å². The molecule has 1 amide bonds. The Morgan fingerprint density at radius 2 is 2.20 bits per heavy atom. The van der Waals surface area contributed by atoms with Gasteiger partial charge in [0.15, 0.2) is 0 Å². The van der Waals surface area contributed by atoms with E-state index in [2.05, 4.69) is 10.3 Å². The van der Waals surface area contributed by atoms with Crippen LogP contribution >= 0.6 is 0 Å². The van der Waals surface area contributed by atoms with Crippen molar-refractivity contribution in [2.45, 2.75) is 6.54 Å². The van der Waals surface area contributed by atoms with Crippen LogP contribution in [0, 0.1) is 17.1 Å². The van der Waals surface area contributed by atoms with E-state index in [9.17, 15) is 9.18 Å². The molecule has 1 aromatic carbocycles. The summed E-state index contributed by atoms with van der Waals surface area (Å²) >= 11 is 0. The lowest BCUT2D eigenvalue weighted by atomic mass is 10.1. The molecule has 0 saturated heterocycles. The first-order chi connectivity index (χ1) is 9.60. The van der Waals surface area contributed by atoms with Crippen LogP contribution in [0.15, 0.2) is 36.5 Å². The number of hydrogen-bond acceptors (Lipinski definition) is 3. The first-order valence-corrected chi connectivity index (χ1v) is 5.72. The highest BCUT2D eigenvalue weighted by atomic mass is 19.1. The molecule has 0 unspecified atom stereocenters. The monoisotopic (exact) mass is 271 g/mol. The second-order valence-corrected chi connectivity index (χ2v) is 4.02. The molecule has 0 aliphatic rings. The van der Waals surface area contributed by atoms with Crippen molar-refractivity contribution in [3.05, 3.63) is 53.5 Å². The molecule has 0 atom stereocenters. The van der Waals surface area contributed by atoms with E-state index >= 15 is 0 Å². The Labute approximate surface area is 114 Å². The molecule has 100 valence electrons.